The number of primary amides is 1. The van der Waals surface area contributed by atoms with Crippen LogP contribution in [0.3, 0.4) is 0 Å². The number of carbonyl (C=O) groups is 2. The molecule has 0 fully saturated rings. The number of aromatic nitrogens is 2. The lowest BCUT2D eigenvalue weighted by Gasteiger charge is -2.28. The molecule has 0 spiro atoms. The summed E-state index contributed by atoms with van der Waals surface area (Å²) in [5.41, 5.74) is 5.89. The van der Waals surface area contributed by atoms with Crippen LogP contribution in [0.4, 0.5) is 0 Å². The van der Waals surface area contributed by atoms with Crippen LogP contribution in [0.25, 0.3) is 10.9 Å². The molecule has 3 N–H and O–H groups in total. The number of nitrogens with one attached hydrogen (secondary N) is 1. The number of nitrogens with zero attached hydrogens (tertiary/aromatic N) is 2. The van der Waals surface area contributed by atoms with E-state index in [-0.39, 0.29) is 0 Å². The van der Waals surface area contributed by atoms with E-state index in [9.17, 15) is 9.59 Å². The molecule has 0 aliphatic carbocycles. The average Bonchev–Trinajstić information content (AvgIpc) is 2.61. The van der Waals surface area contributed by atoms with Gasteiger partial charge >= 0.3 is 0 Å². The lowest BCUT2D eigenvalue weighted by molar-refractivity contribution is -0.123. The van der Waals surface area contributed by atoms with E-state index < -0.39 is 17.4 Å². The van der Waals surface area contributed by atoms with Gasteiger partial charge in [0.05, 0.1) is 11.1 Å². The molecule has 0 saturated carbocycles. The fourth-order valence-electron chi connectivity index (χ4n) is 2.53. The van der Waals surface area contributed by atoms with Gasteiger partial charge < -0.3 is 11.1 Å². The molecule has 1 aromatic carbocycles. The molecule has 0 saturated heterocycles. The van der Waals surface area contributed by atoms with Crippen LogP contribution < -0.4 is 11.1 Å². The van der Waals surface area contributed by atoms with Crippen LogP contribution in [0.5, 0.6) is 0 Å². The van der Waals surface area contributed by atoms with Crippen molar-refractivity contribution < 1.29 is 9.59 Å². The Bertz CT molecular complexity index is 906. The number of amides is 2. The van der Waals surface area contributed by atoms with Crippen LogP contribution >= 0.6 is 0 Å². The summed E-state index contributed by atoms with van der Waals surface area (Å²) in [6.45, 7) is 1.59. The SMILES string of the molecule is C[C@@](NC(=O)c1ccnc2ccncc12)(C(N)=O)c1ccccc1. The Labute approximate surface area is 138 Å². The summed E-state index contributed by atoms with van der Waals surface area (Å²) in [7, 11) is 0. The van der Waals surface area contributed by atoms with Gasteiger partial charge in [0.1, 0.15) is 5.54 Å². The number of benzene rings is 1. The van der Waals surface area contributed by atoms with Gasteiger partial charge in [0.2, 0.25) is 5.91 Å². The monoisotopic (exact) mass is 320 g/mol. The standard InChI is InChI=1S/C18H16N4O2/c1-18(17(19)24,12-5-3-2-4-6-12)22-16(23)13-7-10-21-15-8-9-20-11-14(13)15/h2-11H,1H3,(H2,19,24)(H,22,23)/t18-/m0/s1. The minimum atomic E-state index is -1.32. The number of pyridine rings is 2. The molecule has 6 heteroatoms. The van der Waals surface area contributed by atoms with E-state index in [4.69, 9.17) is 5.73 Å². The average molecular weight is 320 g/mol. The summed E-state index contributed by atoms with van der Waals surface area (Å²) >= 11 is 0. The van der Waals surface area contributed by atoms with Gasteiger partial charge in [0.25, 0.3) is 5.91 Å². The molecule has 0 aliphatic rings. The molecular weight excluding hydrogens is 304 g/mol. The third-order valence-electron chi connectivity index (χ3n) is 4.00. The van der Waals surface area contributed by atoms with Crippen molar-refractivity contribution >= 4 is 22.7 Å². The third kappa shape index (κ3) is 2.69. The molecule has 0 unspecified atom stereocenters. The Hall–Kier alpha value is -3.28. The van der Waals surface area contributed by atoms with Crippen LogP contribution in [-0.4, -0.2) is 21.8 Å². The summed E-state index contributed by atoms with van der Waals surface area (Å²) in [6.07, 6.45) is 4.72. The zero-order valence-corrected chi connectivity index (χ0v) is 13.1. The second kappa shape index (κ2) is 6.08. The number of rotatable bonds is 4. The highest BCUT2D eigenvalue weighted by molar-refractivity contribution is 6.07. The van der Waals surface area contributed by atoms with Crippen molar-refractivity contribution in [3.05, 3.63) is 72.2 Å². The first kappa shape index (κ1) is 15.6. The van der Waals surface area contributed by atoms with Crippen molar-refractivity contribution in [2.24, 2.45) is 5.73 Å². The second-order valence-corrected chi connectivity index (χ2v) is 5.56. The first-order valence-electron chi connectivity index (χ1n) is 7.39. The smallest absolute Gasteiger partial charge is 0.253 e. The maximum absolute atomic E-state index is 12.8. The highest BCUT2D eigenvalue weighted by Gasteiger charge is 2.35. The first-order valence-corrected chi connectivity index (χ1v) is 7.39. The van der Waals surface area contributed by atoms with E-state index in [1.807, 2.05) is 6.07 Å². The zero-order chi connectivity index (χ0) is 17.2. The molecule has 3 rings (SSSR count). The molecule has 0 aliphatic heterocycles. The molecule has 2 amide bonds. The number of fused-ring (bicyclic) bond motifs is 1. The Morgan fingerprint density at radius 2 is 1.83 bits per heavy atom. The lowest BCUT2D eigenvalue weighted by Crippen LogP contribution is -2.52. The van der Waals surface area contributed by atoms with Gasteiger partial charge in [-0.3, -0.25) is 19.6 Å². The van der Waals surface area contributed by atoms with E-state index in [0.29, 0.717) is 22.0 Å². The Morgan fingerprint density at radius 1 is 1.08 bits per heavy atom. The van der Waals surface area contributed by atoms with E-state index in [2.05, 4.69) is 15.3 Å². The van der Waals surface area contributed by atoms with Crippen molar-refractivity contribution in [3.8, 4) is 0 Å². The predicted molar refractivity (Wildman–Crippen MR) is 90.0 cm³/mol. The molecule has 120 valence electrons. The van der Waals surface area contributed by atoms with E-state index in [1.54, 1.807) is 61.9 Å². The second-order valence-electron chi connectivity index (χ2n) is 5.56. The molecular formula is C18H16N4O2. The molecule has 1 atom stereocenters. The number of carbonyl (C=O) groups excluding carboxylic acids is 2. The van der Waals surface area contributed by atoms with Crippen molar-refractivity contribution in [3.63, 3.8) is 0 Å². The lowest BCUT2D eigenvalue weighted by atomic mass is 9.90. The Morgan fingerprint density at radius 3 is 2.54 bits per heavy atom. The highest BCUT2D eigenvalue weighted by atomic mass is 16.2. The molecule has 24 heavy (non-hydrogen) atoms. The van der Waals surface area contributed by atoms with Gasteiger partial charge in [0.15, 0.2) is 0 Å². The number of hydrogen-bond acceptors (Lipinski definition) is 4. The summed E-state index contributed by atoms with van der Waals surface area (Å²) in [5, 5.41) is 3.36. The van der Waals surface area contributed by atoms with Gasteiger partial charge in [-0.2, -0.15) is 0 Å². The largest absolute Gasteiger partial charge is 0.367 e. The maximum Gasteiger partial charge on any atom is 0.253 e. The van der Waals surface area contributed by atoms with E-state index >= 15 is 0 Å². The fraction of sp³-hybridized carbons (Fsp3) is 0.111. The summed E-state index contributed by atoms with van der Waals surface area (Å²) < 4.78 is 0. The quantitative estimate of drug-likeness (QED) is 0.765. The van der Waals surface area contributed by atoms with Gasteiger partial charge in [0, 0.05) is 24.0 Å². The van der Waals surface area contributed by atoms with Gasteiger partial charge in [-0.25, -0.2) is 0 Å². The van der Waals surface area contributed by atoms with Crippen LogP contribution in [-0.2, 0) is 10.3 Å². The maximum atomic E-state index is 12.8. The van der Waals surface area contributed by atoms with Gasteiger partial charge in [-0.15, -0.1) is 0 Å². The van der Waals surface area contributed by atoms with Crippen LogP contribution in [0, 0.1) is 0 Å². The summed E-state index contributed by atoms with van der Waals surface area (Å²) in [5.74, 6) is -1.06. The molecule has 3 aromatic rings. The van der Waals surface area contributed by atoms with Gasteiger partial charge in [-0.05, 0) is 24.6 Å². The molecule has 2 aromatic heterocycles. The van der Waals surface area contributed by atoms with E-state index in [0.717, 1.165) is 0 Å². The van der Waals surface area contributed by atoms with E-state index in [1.165, 1.54) is 0 Å². The van der Waals surface area contributed by atoms with Crippen molar-refractivity contribution in [2.45, 2.75) is 12.5 Å². The molecule has 0 bridgehead atoms. The number of hydrogen-bond donors (Lipinski definition) is 2. The van der Waals surface area contributed by atoms with Crippen LogP contribution in [0.2, 0.25) is 0 Å². The highest BCUT2D eigenvalue weighted by Crippen LogP contribution is 2.22. The topological polar surface area (TPSA) is 98.0 Å². The minimum Gasteiger partial charge on any atom is -0.367 e. The zero-order valence-electron chi connectivity index (χ0n) is 13.1. The Kier molecular flexibility index (Phi) is 3.95. The summed E-state index contributed by atoms with van der Waals surface area (Å²) in [4.78, 5) is 33.0. The number of nitrogens with two attached hydrogens (primary N) is 1. The first-order chi connectivity index (χ1) is 11.5. The predicted octanol–water partition coefficient (Wildman–Crippen LogP) is 1.76. The fourth-order valence-corrected chi connectivity index (χ4v) is 2.53. The van der Waals surface area contributed by atoms with Crippen molar-refractivity contribution in [2.75, 3.05) is 0 Å². The molecule has 6 nitrogen and oxygen atoms in total. The normalized spacial score (nSPS) is 13.2. The van der Waals surface area contributed by atoms with Crippen LogP contribution in [0.15, 0.2) is 61.1 Å². The van der Waals surface area contributed by atoms with Crippen molar-refractivity contribution in [1.82, 2.24) is 15.3 Å². The van der Waals surface area contributed by atoms with Gasteiger partial charge in [-0.1, -0.05) is 30.3 Å². The van der Waals surface area contributed by atoms with Crippen LogP contribution in [0.1, 0.15) is 22.8 Å². The minimum absolute atomic E-state index is 0.386. The molecule has 0 radical (unpaired) electrons. The third-order valence-corrected chi connectivity index (χ3v) is 4.00. The van der Waals surface area contributed by atoms with Crippen molar-refractivity contribution in [1.29, 1.82) is 0 Å². The molecule has 2 heterocycles. The Balaban J connectivity index is 2.02. The summed E-state index contributed by atoms with van der Waals surface area (Å²) in [6, 6.07) is 12.2.